The third kappa shape index (κ3) is 8.31. The van der Waals surface area contributed by atoms with Crippen LogP contribution in [0.3, 0.4) is 0 Å². The molecule has 7 N–H and O–H groups in total. The monoisotopic (exact) mass is 496 g/mol. The van der Waals surface area contributed by atoms with Gasteiger partial charge in [0.05, 0.1) is 13.2 Å². The summed E-state index contributed by atoms with van der Waals surface area (Å²) in [5, 5.41) is 70.0. The van der Waals surface area contributed by atoms with Gasteiger partial charge in [-0.2, -0.15) is 0 Å². The van der Waals surface area contributed by atoms with Crippen molar-refractivity contribution in [2.75, 3.05) is 19.8 Å². The number of aliphatic hydroxyl groups excluding tert-OH is 7. The molecule has 11 nitrogen and oxygen atoms in total. The highest BCUT2D eigenvalue weighted by Gasteiger charge is 2.50. The Hall–Kier alpha value is -0.440. The number of rotatable bonds is 15. The number of hydrogen-bond donors (Lipinski definition) is 7. The van der Waals surface area contributed by atoms with Gasteiger partial charge in [-0.15, -0.1) is 0 Å². The summed E-state index contributed by atoms with van der Waals surface area (Å²) < 4.78 is 22.0. The summed E-state index contributed by atoms with van der Waals surface area (Å²) in [6, 6.07) is 0. The molecule has 0 saturated carbocycles. The molecule has 2 aliphatic heterocycles. The minimum absolute atomic E-state index is 0.320. The summed E-state index contributed by atoms with van der Waals surface area (Å²) in [5.74, 6) is 0. The van der Waals surface area contributed by atoms with E-state index in [1.807, 2.05) is 0 Å². The van der Waals surface area contributed by atoms with Crippen molar-refractivity contribution >= 4 is 0 Å². The zero-order valence-electron chi connectivity index (χ0n) is 20.0. The molecule has 202 valence electrons. The molecule has 2 heterocycles. The van der Waals surface area contributed by atoms with Crippen LogP contribution in [0.25, 0.3) is 0 Å². The van der Waals surface area contributed by atoms with Gasteiger partial charge in [-0.05, 0) is 6.42 Å². The molecule has 2 fully saturated rings. The largest absolute Gasteiger partial charge is 0.394 e. The lowest BCUT2D eigenvalue weighted by atomic mass is 9.97. The second kappa shape index (κ2) is 15.6. The fourth-order valence-electron chi connectivity index (χ4n) is 4.31. The fraction of sp³-hybridized carbons (Fsp3) is 1.00. The lowest BCUT2D eigenvalue weighted by Gasteiger charge is -2.45. The molecule has 11 heteroatoms. The molecule has 2 saturated heterocycles. The van der Waals surface area contributed by atoms with E-state index in [1.165, 1.54) is 38.5 Å². The Morgan fingerprint density at radius 3 is 1.71 bits per heavy atom. The smallest absolute Gasteiger partial charge is 0.187 e. The quantitative estimate of drug-likeness (QED) is 0.141. The van der Waals surface area contributed by atoms with Crippen LogP contribution in [0, 0.1) is 0 Å². The summed E-state index contributed by atoms with van der Waals surface area (Å²) in [4.78, 5) is 0. The third-order valence-corrected chi connectivity index (χ3v) is 6.49. The van der Waals surface area contributed by atoms with Gasteiger partial charge in [-0.3, -0.25) is 0 Å². The molecule has 0 spiro atoms. The number of hydrogen-bond acceptors (Lipinski definition) is 11. The van der Waals surface area contributed by atoms with Crippen LogP contribution in [0.2, 0.25) is 0 Å². The van der Waals surface area contributed by atoms with E-state index < -0.39 is 74.6 Å². The summed E-state index contributed by atoms with van der Waals surface area (Å²) in [7, 11) is 0. The van der Waals surface area contributed by atoms with Crippen LogP contribution in [0.1, 0.15) is 64.7 Å². The van der Waals surface area contributed by atoms with Gasteiger partial charge in [0.2, 0.25) is 0 Å². The summed E-state index contributed by atoms with van der Waals surface area (Å²) in [6.45, 7) is 1.29. The topological polar surface area (TPSA) is 179 Å². The average Bonchev–Trinajstić information content (AvgIpc) is 2.84. The zero-order valence-corrected chi connectivity index (χ0v) is 20.0. The Labute approximate surface area is 201 Å². The first-order valence-electron chi connectivity index (χ1n) is 12.6. The van der Waals surface area contributed by atoms with Crippen molar-refractivity contribution in [2.24, 2.45) is 0 Å². The first-order valence-corrected chi connectivity index (χ1v) is 12.6. The predicted octanol–water partition coefficient (Wildman–Crippen LogP) is -0.842. The molecule has 0 bridgehead atoms. The molecule has 0 aromatic rings. The van der Waals surface area contributed by atoms with E-state index in [0.717, 1.165) is 19.3 Å². The first-order chi connectivity index (χ1) is 16.3. The summed E-state index contributed by atoms with van der Waals surface area (Å²) in [5.41, 5.74) is 0. The molecule has 34 heavy (non-hydrogen) atoms. The maximum Gasteiger partial charge on any atom is 0.187 e. The van der Waals surface area contributed by atoms with Crippen molar-refractivity contribution in [3.05, 3.63) is 0 Å². The molecule has 0 amide bonds. The molecule has 4 unspecified atom stereocenters. The molecule has 0 radical (unpaired) electrons. The predicted molar refractivity (Wildman–Crippen MR) is 120 cm³/mol. The first kappa shape index (κ1) is 29.8. The summed E-state index contributed by atoms with van der Waals surface area (Å²) >= 11 is 0. The Balaban J connectivity index is 1.78. The normalized spacial score (nSPS) is 38.8. The minimum atomic E-state index is -1.69. The Kier molecular flexibility index (Phi) is 13.7. The van der Waals surface area contributed by atoms with Crippen LogP contribution in [0.4, 0.5) is 0 Å². The van der Waals surface area contributed by atoms with Crippen molar-refractivity contribution < 1.29 is 54.7 Å². The van der Waals surface area contributed by atoms with E-state index >= 15 is 0 Å². The van der Waals surface area contributed by atoms with Crippen molar-refractivity contribution in [1.29, 1.82) is 0 Å². The van der Waals surface area contributed by atoms with E-state index in [2.05, 4.69) is 6.92 Å². The number of unbranched alkanes of at least 4 members (excludes halogenated alkanes) is 8. The van der Waals surface area contributed by atoms with E-state index in [1.54, 1.807) is 0 Å². The van der Waals surface area contributed by atoms with Crippen molar-refractivity contribution in [1.82, 2.24) is 0 Å². The maximum absolute atomic E-state index is 10.6. The lowest BCUT2D eigenvalue weighted by Crippen LogP contribution is -2.64. The van der Waals surface area contributed by atoms with Gasteiger partial charge in [0.15, 0.2) is 12.6 Å². The fourth-order valence-corrected chi connectivity index (χ4v) is 4.31. The van der Waals surface area contributed by atoms with Crippen LogP contribution < -0.4 is 0 Å². The summed E-state index contributed by atoms with van der Waals surface area (Å²) in [6.07, 6.45) is -3.99. The molecule has 0 aromatic carbocycles. The van der Waals surface area contributed by atoms with Crippen molar-refractivity contribution in [3.8, 4) is 0 Å². The third-order valence-electron chi connectivity index (χ3n) is 6.49. The van der Waals surface area contributed by atoms with Crippen LogP contribution in [0.5, 0.6) is 0 Å². The Morgan fingerprint density at radius 2 is 1.12 bits per heavy atom. The highest BCUT2D eigenvalue weighted by Crippen LogP contribution is 2.29. The van der Waals surface area contributed by atoms with E-state index in [4.69, 9.17) is 18.9 Å². The van der Waals surface area contributed by atoms with Gasteiger partial charge < -0.3 is 54.7 Å². The van der Waals surface area contributed by atoms with Gasteiger partial charge in [0, 0.05) is 6.61 Å². The molecule has 2 aliphatic rings. The van der Waals surface area contributed by atoms with Gasteiger partial charge in [-0.25, -0.2) is 0 Å². The Morgan fingerprint density at radius 1 is 0.588 bits per heavy atom. The van der Waals surface area contributed by atoms with Crippen LogP contribution in [-0.4, -0.2) is 117 Å². The molecule has 0 aromatic heterocycles. The lowest BCUT2D eigenvalue weighted by molar-refractivity contribution is -0.359. The molecule has 10 atom stereocenters. The highest BCUT2D eigenvalue weighted by atomic mass is 16.7. The zero-order chi connectivity index (χ0) is 25.1. The van der Waals surface area contributed by atoms with Gasteiger partial charge in [-0.1, -0.05) is 58.3 Å². The standard InChI is InChI=1S/C23H44O11/c1-2-3-4-5-6-7-8-9-10-11-31-22-20(30)18(28)21(15(13-25)33-22)34-23-19(29)17(27)16(26)14(12-24)32-23/h14-30H,2-13H2,1H3/t14?,15?,16-,17-,18?,19?,20+,21-,22-,23-/m1/s1. The van der Waals surface area contributed by atoms with Crippen molar-refractivity contribution in [2.45, 2.75) is 126 Å². The Bertz CT molecular complexity index is 535. The average molecular weight is 497 g/mol. The molecule has 0 aliphatic carbocycles. The SMILES string of the molecule is CCCCCCCCCCCO[C@@H]1OC(CO)[C@@H](O[C@H]2OC(CO)[C@@H](O)[C@@H](O)C2O)C(O)[C@@H]1O. The minimum Gasteiger partial charge on any atom is -0.394 e. The number of ether oxygens (including phenoxy) is 4. The van der Waals surface area contributed by atoms with Gasteiger partial charge in [0.1, 0.15) is 48.8 Å². The van der Waals surface area contributed by atoms with Gasteiger partial charge >= 0.3 is 0 Å². The van der Waals surface area contributed by atoms with E-state index in [-0.39, 0.29) is 0 Å². The van der Waals surface area contributed by atoms with E-state index in [0.29, 0.717) is 6.61 Å². The van der Waals surface area contributed by atoms with Crippen molar-refractivity contribution in [3.63, 3.8) is 0 Å². The second-order valence-corrected chi connectivity index (χ2v) is 9.20. The van der Waals surface area contributed by atoms with Crippen LogP contribution in [-0.2, 0) is 18.9 Å². The highest BCUT2D eigenvalue weighted by molar-refractivity contribution is 4.94. The maximum atomic E-state index is 10.6. The van der Waals surface area contributed by atoms with Crippen LogP contribution >= 0.6 is 0 Å². The molecule has 2 rings (SSSR count). The van der Waals surface area contributed by atoms with Gasteiger partial charge in [0.25, 0.3) is 0 Å². The number of aliphatic hydroxyl groups is 7. The molecular weight excluding hydrogens is 452 g/mol. The van der Waals surface area contributed by atoms with E-state index in [9.17, 15) is 35.7 Å². The van der Waals surface area contributed by atoms with Crippen LogP contribution in [0.15, 0.2) is 0 Å². The second-order valence-electron chi connectivity index (χ2n) is 9.20. The molecular formula is C23H44O11.